The first kappa shape index (κ1) is 20.6. The first-order valence-corrected chi connectivity index (χ1v) is 10.1. The summed E-state index contributed by atoms with van der Waals surface area (Å²) in [5.41, 5.74) is 10.6. The fourth-order valence-electron chi connectivity index (χ4n) is 3.56. The number of piperidine rings is 1. The first-order valence-electron chi connectivity index (χ1n) is 10.1. The van der Waals surface area contributed by atoms with Crippen LogP contribution in [0.3, 0.4) is 0 Å². The van der Waals surface area contributed by atoms with Crippen molar-refractivity contribution in [1.29, 1.82) is 0 Å². The molecule has 3 N–H and O–H groups in total. The van der Waals surface area contributed by atoms with Gasteiger partial charge in [0.15, 0.2) is 5.69 Å². The lowest BCUT2D eigenvalue weighted by Gasteiger charge is -2.33. The number of nitrogen functional groups attached to an aromatic ring is 1. The van der Waals surface area contributed by atoms with E-state index in [1.165, 1.54) is 11.1 Å². The number of hydrogen-bond donors (Lipinski definition) is 2. The normalized spacial score (nSPS) is 17.6. The van der Waals surface area contributed by atoms with Crippen LogP contribution >= 0.6 is 0 Å². The van der Waals surface area contributed by atoms with E-state index >= 15 is 0 Å². The quantitative estimate of drug-likeness (QED) is 0.438. The number of hydrazone groups is 1. The second kappa shape index (κ2) is 9.00. The minimum absolute atomic E-state index is 0.0661. The van der Waals surface area contributed by atoms with E-state index in [1.54, 1.807) is 19.3 Å². The van der Waals surface area contributed by atoms with Gasteiger partial charge in [-0.25, -0.2) is 10.1 Å². The number of hydrogen-bond acceptors (Lipinski definition) is 10. The molecule has 0 saturated carbocycles. The Kier molecular flexibility index (Phi) is 5.98. The number of nitrogens with zero attached hydrogens (tertiary/aromatic N) is 8. The monoisotopic (exact) mass is 424 g/mol. The summed E-state index contributed by atoms with van der Waals surface area (Å²) in [6.45, 7) is 5.33. The van der Waals surface area contributed by atoms with Crippen LogP contribution in [-0.4, -0.2) is 59.4 Å². The summed E-state index contributed by atoms with van der Waals surface area (Å²) < 4.78 is 6.11. The second-order valence-electron chi connectivity index (χ2n) is 7.46. The van der Waals surface area contributed by atoms with Crippen molar-refractivity contribution in [2.75, 3.05) is 12.3 Å². The number of nitrogens with two attached hydrogens (primary N) is 1. The van der Waals surface area contributed by atoms with Crippen LogP contribution in [0.25, 0.3) is 5.82 Å². The summed E-state index contributed by atoms with van der Waals surface area (Å²) >= 11 is 0. The lowest BCUT2D eigenvalue weighted by molar-refractivity contribution is 0.0944. The first-order chi connectivity index (χ1) is 15.0. The van der Waals surface area contributed by atoms with Gasteiger partial charge >= 0.3 is 0 Å². The van der Waals surface area contributed by atoms with Gasteiger partial charge in [-0.05, 0) is 55.7 Å². The molecule has 12 heteroatoms. The van der Waals surface area contributed by atoms with E-state index in [1.807, 2.05) is 12.1 Å². The van der Waals surface area contributed by atoms with E-state index in [-0.39, 0.29) is 17.3 Å². The van der Waals surface area contributed by atoms with Crippen LogP contribution in [0, 0.1) is 0 Å². The Morgan fingerprint density at radius 3 is 2.84 bits per heavy atom. The molecule has 1 saturated heterocycles. The molecule has 12 nitrogen and oxygen atoms in total. The van der Waals surface area contributed by atoms with Crippen molar-refractivity contribution in [2.24, 2.45) is 5.10 Å². The van der Waals surface area contributed by atoms with Crippen molar-refractivity contribution in [2.45, 2.75) is 45.7 Å². The standard InChI is InChI=1S/C19H24N10O2/c1-12-5-3-4-10-28(12)11-15-16(23-27-29(15)18-17(20)25-31-26-18)19(30)24-22-13(2)14-6-8-21-9-7-14/h6-9,12H,3-5,10-11H2,1-2H3,(H2,20,25)(H,24,30)/b22-13-. The van der Waals surface area contributed by atoms with Crippen LogP contribution < -0.4 is 11.2 Å². The van der Waals surface area contributed by atoms with Crippen molar-refractivity contribution >= 4 is 17.4 Å². The number of carbonyl (C=O) groups is 1. The molecule has 0 radical (unpaired) electrons. The SMILES string of the molecule is C/C(=N/NC(=O)c1nnn(-c2nonc2N)c1CN1CCCCC1C)c1ccncc1. The van der Waals surface area contributed by atoms with Crippen LogP contribution in [-0.2, 0) is 6.54 Å². The number of anilines is 1. The summed E-state index contributed by atoms with van der Waals surface area (Å²) in [6, 6.07) is 3.99. The molecule has 4 heterocycles. The highest BCUT2D eigenvalue weighted by Gasteiger charge is 2.28. The summed E-state index contributed by atoms with van der Waals surface area (Å²) in [4.78, 5) is 19.2. The Labute approximate surface area is 178 Å². The van der Waals surface area contributed by atoms with Gasteiger partial charge in [-0.3, -0.25) is 14.7 Å². The molecule has 1 fully saturated rings. The Balaban J connectivity index is 1.62. The third-order valence-electron chi connectivity index (χ3n) is 5.39. The van der Waals surface area contributed by atoms with Crippen LogP contribution in [0.1, 0.15) is 54.9 Å². The number of carbonyl (C=O) groups excluding carboxylic acids is 1. The predicted molar refractivity (Wildman–Crippen MR) is 111 cm³/mol. The molecule has 4 rings (SSSR count). The summed E-state index contributed by atoms with van der Waals surface area (Å²) in [5, 5.41) is 19.8. The predicted octanol–water partition coefficient (Wildman–Crippen LogP) is 1.16. The number of pyridine rings is 1. The van der Waals surface area contributed by atoms with Crippen LogP contribution in [0.4, 0.5) is 5.82 Å². The fraction of sp³-hybridized carbons (Fsp3) is 0.421. The molecule has 0 aliphatic carbocycles. The lowest BCUT2D eigenvalue weighted by Crippen LogP contribution is -2.38. The Hall–Kier alpha value is -3.67. The largest absolute Gasteiger partial charge is 0.378 e. The van der Waals surface area contributed by atoms with Gasteiger partial charge in [-0.1, -0.05) is 11.6 Å². The van der Waals surface area contributed by atoms with Crippen LogP contribution in [0.5, 0.6) is 0 Å². The molecule has 1 atom stereocenters. The average Bonchev–Trinajstić information content (AvgIpc) is 3.39. The van der Waals surface area contributed by atoms with Crippen LogP contribution in [0.15, 0.2) is 34.3 Å². The van der Waals surface area contributed by atoms with Gasteiger partial charge < -0.3 is 5.73 Å². The summed E-state index contributed by atoms with van der Waals surface area (Å²) in [5.74, 6) is -0.214. The van der Waals surface area contributed by atoms with Gasteiger partial charge in [0, 0.05) is 30.5 Å². The maximum Gasteiger partial charge on any atom is 0.293 e. The van der Waals surface area contributed by atoms with E-state index < -0.39 is 5.91 Å². The zero-order valence-corrected chi connectivity index (χ0v) is 17.4. The topological polar surface area (TPSA) is 153 Å². The van der Waals surface area contributed by atoms with Crippen molar-refractivity contribution in [3.63, 3.8) is 0 Å². The Morgan fingerprint density at radius 2 is 2.13 bits per heavy atom. The van der Waals surface area contributed by atoms with Gasteiger partial charge in [-0.2, -0.15) is 9.78 Å². The molecule has 31 heavy (non-hydrogen) atoms. The molecule has 162 valence electrons. The summed E-state index contributed by atoms with van der Waals surface area (Å²) in [7, 11) is 0. The zero-order chi connectivity index (χ0) is 21.8. The number of likely N-dealkylation sites (tertiary alicyclic amines) is 1. The molecule has 1 unspecified atom stereocenters. The van der Waals surface area contributed by atoms with Gasteiger partial charge in [0.25, 0.3) is 5.91 Å². The Morgan fingerprint density at radius 1 is 1.32 bits per heavy atom. The molecule has 0 bridgehead atoms. The highest BCUT2D eigenvalue weighted by molar-refractivity contribution is 6.00. The molecule has 0 aromatic carbocycles. The highest BCUT2D eigenvalue weighted by Crippen LogP contribution is 2.22. The van der Waals surface area contributed by atoms with Gasteiger partial charge in [0.05, 0.1) is 11.4 Å². The van der Waals surface area contributed by atoms with Gasteiger partial charge in [0.2, 0.25) is 11.6 Å². The number of aromatic nitrogens is 6. The number of rotatable bonds is 6. The molecule has 0 spiro atoms. The average molecular weight is 424 g/mol. The highest BCUT2D eigenvalue weighted by atomic mass is 16.6. The minimum Gasteiger partial charge on any atom is -0.378 e. The van der Waals surface area contributed by atoms with Gasteiger partial charge in [-0.15, -0.1) is 5.10 Å². The lowest BCUT2D eigenvalue weighted by atomic mass is 10.0. The molecule has 1 amide bonds. The minimum atomic E-state index is -0.477. The van der Waals surface area contributed by atoms with Crippen molar-refractivity contribution in [1.82, 2.24) is 40.6 Å². The Bertz CT molecular complexity index is 1070. The van der Waals surface area contributed by atoms with E-state index in [0.29, 0.717) is 24.0 Å². The fourth-order valence-corrected chi connectivity index (χ4v) is 3.56. The smallest absolute Gasteiger partial charge is 0.293 e. The van der Waals surface area contributed by atoms with E-state index in [9.17, 15) is 4.79 Å². The maximum absolute atomic E-state index is 12.9. The van der Waals surface area contributed by atoms with Gasteiger partial charge in [0.1, 0.15) is 0 Å². The number of amides is 1. The third-order valence-corrected chi connectivity index (χ3v) is 5.39. The molecular weight excluding hydrogens is 400 g/mol. The van der Waals surface area contributed by atoms with Crippen molar-refractivity contribution in [3.8, 4) is 5.82 Å². The molecule has 1 aliphatic heterocycles. The van der Waals surface area contributed by atoms with E-state index in [0.717, 1.165) is 24.9 Å². The zero-order valence-electron chi connectivity index (χ0n) is 17.4. The van der Waals surface area contributed by atoms with Crippen LogP contribution in [0.2, 0.25) is 0 Å². The molecule has 3 aromatic rings. The molecule has 1 aliphatic rings. The van der Waals surface area contributed by atoms with Crippen molar-refractivity contribution in [3.05, 3.63) is 41.5 Å². The molecular formula is C19H24N10O2. The summed E-state index contributed by atoms with van der Waals surface area (Å²) in [6.07, 6.45) is 6.69. The van der Waals surface area contributed by atoms with E-state index in [4.69, 9.17) is 10.4 Å². The number of nitrogens with one attached hydrogen (secondary N) is 1. The molecule has 3 aromatic heterocycles. The third kappa shape index (κ3) is 4.43. The second-order valence-corrected chi connectivity index (χ2v) is 7.46. The van der Waals surface area contributed by atoms with E-state index in [2.05, 4.69) is 48.0 Å². The maximum atomic E-state index is 12.9. The van der Waals surface area contributed by atoms with Crippen molar-refractivity contribution < 1.29 is 9.42 Å².